The third kappa shape index (κ3) is 1.98. The molecule has 0 saturated carbocycles. The van der Waals surface area contributed by atoms with Crippen LogP contribution in [0.3, 0.4) is 0 Å². The van der Waals surface area contributed by atoms with Crippen LogP contribution in [0.15, 0.2) is 42.5 Å². The Balaban J connectivity index is 2.32. The summed E-state index contributed by atoms with van der Waals surface area (Å²) in [6.45, 7) is 2.52. The van der Waals surface area contributed by atoms with E-state index >= 15 is 0 Å². The normalized spacial score (nSPS) is 10.9. The Morgan fingerprint density at radius 2 is 2.00 bits per heavy atom. The van der Waals surface area contributed by atoms with E-state index in [1.165, 1.54) is 0 Å². The maximum Gasteiger partial charge on any atom is 0.206 e. The number of aromatic nitrogens is 2. The molecule has 0 radical (unpaired) electrons. The maximum atomic E-state index is 6.30. The van der Waals surface area contributed by atoms with Gasteiger partial charge < -0.3 is 10.5 Å². The first-order valence-electron chi connectivity index (χ1n) is 6.37. The molecule has 0 saturated heterocycles. The number of para-hydroxylation sites is 3. The second-order valence-corrected chi connectivity index (χ2v) is 4.72. The van der Waals surface area contributed by atoms with E-state index in [4.69, 9.17) is 22.1 Å². The highest BCUT2D eigenvalue weighted by molar-refractivity contribution is 6.35. The molecule has 0 aliphatic rings. The minimum atomic E-state index is 0.389. The second-order valence-electron chi connectivity index (χ2n) is 4.31. The van der Waals surface area contributed by atoms with Crippen molar-refractivity contribution in [3.05, 3.63) is 47.5 Å². The summed E-state index contributed by atoms with van der Waals surface area (Å²) in [6.07, 6.45) is 0. The quantitative estimate of drug-likeness (QED) is 0.800. The number of nitrogens with zero attached hydrogens (tertiary/aromatic N) is 2. The van der Waals surface area contributed by atoms with Gasteiger partial charge in [-0.25, -0.2) is 4.98 Å². The first kappa shape index (κ1) is 12.8. The molecule has 102 valence electrons. The summed E-state index contributed by atoms with van der Waals surface area (Å²) >= 11 is 6.30. The molecule has 3 rings (SSSR count). The summed E-state index contributed by atoms with van der Waals surface area (Å²) < 4.78 is 7.48. The van der Waals surface area contributed by atoms with Crippen LogP contribution in [-0.4, -0.2) is 16.2 Å². The van der Waals surface area contributed by atoms with Gasteiger partial charge in [-0.3, -0.25) is 4.57 Å². The van der Waals surface area contributed by atoms with E-state index in [1.54, 1.807) is 0 Å². The summed E-state index contributed by atoms with van der Waals surface area (Å²) in [5, 5.41) is 0.609. The summed E-state index contributed by atoms with van der Waals surface area (Å²) in [7, 11) is 0. The fourth-order valence-electron chi connectivity index (χ4n) is 2.27. The molecular formula is C15H14ClN3O. The van der Waals surface area contributed by atoms with Crippen LogP contribution in [0.1, 0.15) is 6.92 Å². The van der Waals surface area contributed by atoms with Crippen molar-refractivity contribution in [1.82, 2.24) is 9.55 Å². The van der Waals surface area contributed by atoms with E-state index in [1.807, 2.05) is 54.0 Å². The highest BCUT2D eigenvalue weighted by atomic mass is 35.5. The number of hydrogen-bond donors (Lipinski definition) is 1. The average molecular weight is 288 g/mol. The molecule has 20 heavy (non-hydrogen) atoms. The molecule has 5 heteroatoms. The van der Waals surface area contributed by atoms with Gasteiger partial charge in [0, 0.05) is 0 Å². The lowest BCUT2D eigenvalue weighted by Gasteiger charge is -2.13. The van der Waals surface area contributed by atoms with Crippen molar-refractivity contribution < 1.29 is 4.74 Å². The molecule has 1 aromatic heterocycles. The van der Waals surface area contributed by atoms with Crippen molar-refractivity contribution in [1.29, 1.82) is 0 Å². The van der Waals surface area contributed by atoms with E-state index in [9.17, 15) is 0 Å². The van der Waals surface area contributed by atoms with Crippen LogP contribution in [0.5, 0.6) is 5.75 Å². The minimum Gasteiger partial charge on any atom is -0.492 e. The van der Waals surface area contributed by atoms with E-state index in [2.05, 4.69) is 4.98 Å². The first-order valence-corrected chi connectivity index (χ1v) is 6.74. The smallest absolute Gasteiger partial charge is 0.206 e. The van der Waals surface area contributed by atoms with Crippen LogP contribution < -0.4 is 10.5 Å². The number of anilines is 1. The molecule has 0 bridgehead atoms. The number of rotatable bonds is 3. The first-order chi connectivity index (χ1) is 9.72. The van der Waals surface area contributed by atoms with Gasteiger partial charge in [-0.15, -0.1) is 0 Å². The molecule has 3 aromatic rings. The molecule has 0 unspecified atom stereocenters. The van der Waals surface area contributed by atoms with E-state index in [-0.39, 0.29) is 0 Å². The number of halogens is 1. The van der Waals surface area contributed by atoms with Crippen LogP contribution >= 0.6 is 11.6 Å². The maximum absolute atomic E-state index is 6.30. The van der Waals surface area contributed by atoms with Gasteiger partial charge in [0.2, 0.25) is 5.95 Å². The van der Waals surface area contributed by atoms with Gasteiger partial charge >= 0.3 is 0 Å². The van der Waals surface area contributed by atoms with Crippen molar-refractivity contribution in [2.45, 2.75) is 6.92 Å². The molecule has 0 spiro atoms. The monoisotopic (exact) mass is 287 g/mol. The lowest BCUT2D eigenvalue weighted by atomic mass is 10.2. The highest BCUT2D eigenvalue weighted by Gasteiger charge is 2.15. The molecule has 0 amide bonds. The highest BCUT2D eigenvalue weighted by Crippen LogP contribution is 2.32. The van der Waals surface area contributed by atoms with Crippen LogP contribution in [-0.2, 0) is 0 Å². The molecule has 0 atom stereocenters. The standard InChI is InChI=1S/C15H14ClN3O/c1-2-20-13-9-4-3-8-12(13)19-14-10(16)6-5-7-11(14)18-15(19)17/h3-9H,2H2,1H3,(H2,17,18). The molecule has 0 fully saturated rings. The van der Waals surface area contributed by atoms with Crippen LogP contribution in [0.4, 0.5) is 5.95 Å². The number of fused-ring (bicyclic) bond motifs is 1. The van der Waals surface area contributed by atoms with Crippen LogP contribution in [0, 0.1) is 0 Å². The number of nitrogens with two attached hydrogens (primary N) is 1. The Kier molecular flexibility index (Phi) is 3.24. The Bertz CT molecular complexity index is 767. The van der Waals surface area contributed by atoms with Gasteiger partial charge in [0.15, 0.2) is 0 Å². The largest absolute Gasteiger partial charge is 0.492 e. The third-order valence-electron chi connectivity index (χ3n) is 3.06. The summed E-state index contributed by atoms with van der Waals surface area (Å²) in [5.41, 5.74) is 8.45. The number of hydrogen-bond acceptors (Lipinski definition) is 3. The van der Waals surface area contributed by atoms with Gasteiger partial charge in [0.1, 0.15) is 5.75 Å². The fourth-order valence-corrected chi connectivity index (χ4v) is 2.52. The molecule has 2 N–H and O–H groups in total. The number of ether oxygens (including phenoxy) is 1. The van der Waals surface area contributed by atoms with Crippen LogP contribution in [0.2, 0.25) is 5.02 Å². The van der Waals surface area contributed by atoms with Crippen molar-refractivity contribution in [3.63, 3.8) is 0 Å². The van der Waals surface area contributed by atoms with Gasteiger partial charge in [-0.1, -0.05) is 29.8 Å². The molecular weight excluding hydrogens is 274 g/mol. The molecule has 0 aliphatic carbocycles. The fraction of sp³-hybridized carbons (Fsp3) is 0.133. The summed E-state index contributed by atoms with van der Waals surface area (Å²) in [6, 6.07) is 13.3. The lowest BCUT2D eigenvalue weighted by Crippen LogP contribution is -2.04. The molecule has 4 nitrogen and oxygen atoms in total. The Hall–Kier alpha value is -2.20. The van der Waals surface area contributed by atoms with E-state index < -0.39 is 0 Å². The van der Waals surface area contributed by atoms with Gasteiger partial charge in [0.25, 0.3) is 0 Å². The lowest BCUT2D eigenvalue weighted by molar-refractivity contribution is 0.339. The number of imidazole rings is 1. The van der Waals surface area contributed by atoms with Gasteiger partial charge in [-0.2, -0.15) is 0 Å². The number of benzene rings is 2. The second kappa shape index (κ2) is 5.06. The van der Waals surface area contributed by atoms with Crippen molar-refractivity contribution in [2.75, 3.05) is 12.3 Å². The molecule has 2 aromatic carbocycles. The average Bonchev–Trinajstić information content (AvgIpc) is 2.77. The zero-order chi connectivity index (χ0) is 14.1. The van der Waals surface area contributed by atoms with Crippen LogP contribution in [0.25, 0.3) is 16.7 Å². The summed E-state index contributed by atoms with van der Waals surface area (Å²) in [5.74, 6) is 1.14. The molecule has 1 heterocycles. The minimum absolute atomic E-state index is 0.389. The Morgan fingerprint density at radius 3 is 2.80 bits per heavy atom. The Labute approximate surface area is 121 Å². The SMILES string of the molecule is CCOc1ccccc1-n1c(N)nc2cccc(Cl)c21. The third-order valence-corrected chi connectivity index (χ3v) is 3.36. The zero-order valence-corrected chi connectivity index (χ0v) is 11.8. The van der Waals surface area contributed by atoms with Gasteiger partial charge in [-0.05, 0) is 31.2 Å². The van der Waals surface area contributed by atoms with Crippen molar-refractivity contribution in [3.8, 4) is 11.4 Å². The van der Waals surface area contributed by atoms with E-state index in [0.717, 1.165) is 22.5 Å². The predicted octanol–water partition coefficient (Wildman–Crippen LogP) is 3.66. The predicted molar refractivity (Wildman–Crippen MR) is 81.7 cm³/mol. The summed E-state index contributed by atoms with van der Waals surface area (Å²) in [4.78, 5) is 4.35. The van der Waals surface area contributed by atoms with Crippen molar-refractivity contribution in [2.24, 2.45) is 0 Å². The number of nitrogen functional groups attached to an aromatic ring is 1. The van der Waals surface area contributed by atoms with Crippen molar-refractivity contribution >= 4 is 28.6 Å². The topological polar surface area (TPSA) is 53.1 Å². The zero-order valence-electron chi connectivity index (χ0n) is 11.0. The molecule has 0 aliphatic heterocycles. The Morgan fingerprint density at radius 1 is 1.20 bits per heavy atom. The van der Waals surface area contributed by atoms with Gasteiger partial charge in [0.05, 0.1) is 28.4 Å². The van der Waals surface area contributed by atoms with E-state index in [0.29, 0.717) is 17.6 Å².